The van der Waals surface area contributed by atoms with Crippen molar-refractivity contribution < 1.29 is 9.18 Å². The smallest absolute Gasteiger partial charge is 0.225 e. The number of rotatable bonds is 4. The predicted octanol–water partition coefficient (Wildman–Crippen LogP) is 2.73. The van der Waals surface area contributed by atoms with E-state index in [0.29, 0.717) is 11.4 Å². The summed E-state index contributed by atoms with van der Waals surface area (Å²) in [6.45, 7) is 5.45. The van der Waals surface area contributed by atoms with Crippen molar-refractivity contribution in [3.63, 3.8) is 0 Å². The lowest BCUT2D eigenvalue weighted by molar-refractivity contribution is -0.116. The standard InChI is InChI=1S/C15H19FN4O.ClH/c1-9(17)6-15(21)18-12-4-5-14(13(16)8-12)20-11(3)7-10(2)19-20;/h4-5,7-9H,6,17H2,1-3H3,(H,18,21);1H. The van der Waals surface area contributed by atoms with Gasteiger partial charge in [0.05, 0.1) is 5.69 Å². The molecule has 0 aliphatic carbocycles. The van der Waals surface area contributed by atoms with E-state index in [2.05, 4.69) is 10.4 Å². The molecule has 120 valence electrons. The summed E-state index contributed by atoms with van der Waals surface area (Å²) >= 11 is 0. The maximum atomic E-state index is 14.2. The molecule has 0 aliphatic heterocycles. The Balaban J connectivity index is 0.00000242. The van der Waals surface area contributed by atoms with Gasteiger partial charge in [-0.05, 0) is 45.0 Å². The zero-order chi connectivity index (χ0) is 15.6. The van der Waals surface area contributed by atoms with Gasteiger partial charge < -0.3 is 11.1 Å². The van der Waals surface area contributed by atoms with E-state index in [9.17, 15) is 9.18 Å². The second kappa shape index (κ2) is 7.38. The first-order valence-electron chi connectivity index (χ1n) is 6.75. The van der Waals surface area contributed by atoms with Crippen molar-refractivity contribution in [2.24, 2.45) is 5.73 Å². The number of halogens is 2. The number of hydrogen-bond donors (Lipinski definition) is 2. The Kier molecular flexibility index (Phi) is 6.08. The van der Waals surface area contributed by atoms with Crippen LogP contribution in [0.2, 0.25) is 0 Å². The van der Waals surface area contributed by atoms with Gasteiger partial charge in [-0.25, -0.2) is 9.07 Å². The fourth-order valence-corrected chi connectivity index (χ4v) is 2.13. The predicted molar refractivity (Wildman–Crippen MR) is 87.1 cm³/mol. The van der Waals surface area contributed by atoms with Gasteiger partial charge in [0.2, 0.25) is 5.91 Å². The molecule has 5 nitrogen and oxygen atoms in total. The van der Waals surface area contributed by atoms with Crippen LogP contribution < -0.4 is 11.1 Å². The molecule has 0 fully saturated rings. The third-order valence-electron chi connectivity index (χ3n) is 2.98. The molecule has 0 saturated heterocycles. The molecule has 0 spiro atoms. The molecule has 1 unspecified atom stereocenters. The molecule has 22 heavy (non-hydrogen) atoms. The van der Waals surface area contributed by atoms with Gasteiger partial charge in [0, 0.05) is 23.8 Å². The second-order valence-electron chi connectivity index (χ2n) is 5.23. The number of carbonyl (C=O) groups is 1. The van der Waals surface area contributed by atoms with Gasteiger partial charge in [-0.15, -0.1) is 12.4 Å². The Morgan fingerprint density at radius 1 is 1.41 bits per heavy atom. The average molecular weight is 327 g/mol. The maximum absolute atomic E-state index is 14.2. The Labute approximate surface area is 135 Å². The summed E-state index contributed by atoms with van der Waals surface area (Å²) < 4.78 is 15.7. The third kappa shape index (κ3) is 4.29. The van der Waals surface area contributed by atoms with Crippen LogP contribution in [0.25, 0.3) is 5.69 Å². The molecule has 1 heterocycles. The molecule has 0 aliphatic rings. The van der Waals surface area contributed by atoms with Crippen LogP contribution in [0.1, 0.15) is 24.7 Å². The SMILES string of the molecule is Cc1cc(C)n(-c2ccc(NC(=O)CC(C)N)cc2F)n1.Cl. The first-order chi connectivity index (χ1) is 9.86. The van der Waals surface area contributed by atoms with Gasteiger partial charge in [-0.2, -0.15) is 5.10 Å². The largest absolute Gasteiger partial charge is 0.327 e. The second-order valence-corrected chi connectivity index (χ2v) is 5.23. The number of carbonyl (C=O) groups excluding carboxylic acids is 1. The van der Waals surface area contributed by atoms with Crippen LogP contribution in [-0.4, -0.2) is 21.7 Å². The van der Waals surface area contributed by atoms with Gasteiger partial charge in [0.25, 0.3) is 0 Å². The van der Waals surface area contributed by atoms with Crippen molar-refractivity contribution in [1.82, 2.24) is 9.78 Å². The van der Waals surface area contributed by atoms with Gasteiger partial charge in [0.1, 0.15) is 5.69 Å². The Morgan fingerprint density at radius 2 is 2.09 bits per heavy atom. The highest BCUT2D eigenvalue weighted by atomic mass is 35.5. The molecule has 2 rings (SSSR count). The molecule has 2 aromatic rings. The summed E-state index contributed by atoms with van der Waals surface area (Å²) in [7, 11) is 0. The zero-order valence-corrected chi connectivity index (χ0v) is 13.6. The number of aryl methyl sites for hydroxylation is 2. The van der Waals surface area contributed by atoms with E-state index >= 15 is 0 Å². The summed E-state index contributed by atoms with van der Waals surface area (Å²) in [4.78, 5) is 11.6. The molecule has 0 saturated carbocycles. The molecular weight excluding hydrogens is 307 g/mol. The minimum Gasteiger partial charge on any atom is -0.327 e. The fourth-order valence-electron chi connectivity index (χ4n) is 2.13. The fraction of sp³-hybridized carbons (Fsp3) is 0.333. The van der Waals surface area contributed by atoms with Crippen LogP contribution in [0, 0.1) is 19.7 Å². The molecule has 0 bridgehead atoms. The first kappa shape index (κ1) is 18.1. The van der Waals surface area contributed by atoms with Gasteiger partial charge >= 0.3 is 0 Å². The van der Waals surface area contributed by atoms with Gasteiger partial charge in [-0.3, -0.25) is 4.79 Å². The van der Waals surface area contributed by atoms with E-state index in [1.165, 1.54) is 10.7 Å². The highest BCUT2D eigenvalue weighted by molar-refractivity contribution is 5.91. The number of nitrogens with two attached hydrogens (primary N) is 1. The monoisotopic (exact) mass is 326 g/mol. The summed E-state index contributed by atoms with van der Waals surface area (Å²) in [5.74, 6) is -0.678. The van der Waals surface area contributed by atoms with Crippen molar-refractivity contribution in [3.8, 4) is 5.69 Å². The van der Waals surface area contributed by atoms with E-state index in [4.69, 9.17) is 5.73 Å². The Hall–Kier alpha value is -1.92. The summed E-state index contributed by atoms with van der Waals surface area (Å²) in [5.41, 5.74) is 7.98. The van der Waals surface area contributed by atoms with Crippen LogP contribution in [0.3, 0.4) is 0 Å². The quantitative estimate of drug-likeness (QED) is 0.907. The molecular formula is C15H20ClFN4O. The van der Waals surface area contributed by atoms with Crippen LogP contribution >= 0.6 is 12.4 Å². The summed E-state index contributed by atoms with van der Waals surface area (Å²) in [5, 5.41) is 6.87. The molecule has 1 aromatic carbocycles. The van der Waals surface area contributed by atoms with Crippen molar-refractivity contribution in [2.75, 3.05) is 5.32 Å². The Bertz CT molecular complexity index is 670. The number of anilines is 1. The lowest BCUT2D eigenvalue weighted by atomic mass is 10.2. The first-order valence-corrected chi connectivity index (χ1v) is 6.75. The number of benzene rings is 1. The van der Waals surface area contributed by atoms with Crippen molar-refractivity contribution >= 4 is 24.0 Å². The van der Waals surface area contributed by atoms with E-state index < -0.39 is 5.82 Å². The molecule has 1 atom stereocenters. The number of nitrogens with one attached hydrogen (secondary N) is 1. The highest BCUT2D eigenvalue weighted by Gasteiger charge is 2.11. The summed E-state index contributed by atoms with van der Waals surface area (Å²) in [6.07, 6.45) is 0.195. The van der Waals surface area contributed by atoms with Gasteiger partial charge in [-0.1, -0.05) is 0 Å². The number of aromatic nitrogens is 2. The lowest BCUT2D eigenvalue weighted by Crippen LogP contribution is -2.24. The molecule has 0 radical (unpaired) electrons. The Morgan fingerprint density at radius 3 is 2.59 bits per heavy atom. The van der Waals surface area contributed by atoms with Gasteiger partial charge in [0.15, 0.2) is 5.82 Å². The maximum Gasteiger partial charge on any atom is 0.225 e. The van der Waals surface area contributed by atoms with Crippen LogP contribution in [0.5, 0.6) is 0 Å². The minimum absolute atomic E-state index is 0. The molecule has 7 heteroatoms. The third-order valence-corrected chi connectivity index (χ3v) is 2.98. The van der Waals surface area contributed by atoms with Crippen molar-refractivity contribution in [3.05, 3.63) is 41.5 Å². The minimum atomic E-state index is -0.445. The van der Waals surface area contributed by atoms with Crippen LogP contribution in [0.15, 0.2) is 24.3 Å². The highest BCUT2D eigenvalue weighted by Crippen LogP contribution is 2.20. The number of amides is 1. The van der Waals surface area contributed by atoms with E-state index in [1.54, 1.807) is 19.1 Å². The van der Waals surface area contributed by atoms with Crippen molar-refractivity contribution in [2.45, 2.75) is 33.2 Å². The normalized spacial score (nSPS) is 11.7. The molecule has 3 N–H and O–H groups in total. The van der Waals surface area contributed by atoms with Crippen molar-refractivity contribution in [1.29, 1.82) is 0 Å². The number of nitrogens with zero attached hydrogens (tertiary/aromatic N) is 2. The van der Waals surface area contributed by atoms with Crippen LogP contribution in [-0.2, 0) is 4.79 Å². The summed E-state index contributed by atoms with van der Waals surface area (Å²) in [6, 6.07) is 6.16. The lowest BCUT2D eigenvalue weighted by Gasteiger charge is -2.10. The van der Waals surface area contributed by atoms with E-state index in [1.807, 2.05) is 19.9 Å². The topological polar surface area (TPSA) is 72.9 Å². The molecule has 1 aromatic heterocycles. The van der Waals surface area contributed by atoms with Crippen LogP contribution in [0.4, 0.5) is 10.1 Å². The zero-order valence-electron chi connectivity index (χ0n) is 12.8. The molecule has 1 amide bonds. The average Bonchev–Trinajstić information content (AvgIpc) is 2.67. The number of hydrogen-bond acceptors (Lipinski definition) is 3. The van der Waals surface area contributed by atoms with E-state index in [-0.39, 0.29) is 30.8 Å². The van der Waals surface area contributed by atoms with E-state index in [0.717, 1.165) is 11.4 Å².